The highest BCUT2D eigenvalue weighted by Gasteiger charge is 2.05. The van der Waals surface area contributed by atoms with Gasteiger partial charge in [0.05, 0.1) is 5.52 Å². The van der Waals surface area contributed by atoms with Crippen molar-refractivity contribution in [2.75, 3.05) is 6.61 Å². The lowest BCUT2D eigenvalue weighted by Crippen LogP contribution is -2.28. The summed E-state index contributed by atoms with van der Waals surface area (Å²) in [5.74, 6) is -0.0535. The highest BCUT2D eigenvalue weighted by Crippen LogP contribution is 2.12. The third-order valence-electron chi connectivity index (χ3n) is 3.36. The maximum absolute atomic E-state index is 11.8. The van der Waals surface area contributed by atoms with E-state index >= 15 is 0 Å². The van der Waals surface area contributed by atoms with E-state index in [1.807, 2.05) is 31.2 Å². The summed E-state index contributed by atoms with van der Waals surface area (Å²) in [6, 6.07) is 12.7. The molecule has 1 aromatic heterocycles. The molecule has 1 heterocycles. The number of aryl methyl sites for hydroxylation is 1. The van der Waals surface area contributed by atoms with Crippen LogP contribution in [-0.4, -0.2) is 17.5 Å². The van der Waals surface area contributed by atoms with Crippen molar-refractivity contribution in [2.45, 2.75) is 13.5 Å². The van der Waals surface area contributed by atoms with Crippen LogP contribution in [0.15, 0.2) is 51.7 Å². The van der Waals surface area contributed by atoms with Crippen LogP contribution in [0.25, 0.3) is 11.1 Å². The van der Waals surface area contributed by atoms with Crippen LogP contribution in [-0.2, 0) is 11.3 Å². The second-order valence-corrected chi connectivity index (χ2v) is 5.22. The molecule has 6 nitrogen and oxygen atoms in total. The average molecular weight is 312 g/mol. The summed E-state index contributed by atoms with van der Waals surface area (Å²) in [6.45, 7) is 2.29. The first-order chi connectivity index (χ1) is 11.1. The average Bonchev–Trinajstić information content (AvgIpc) is 2.91. The summed E-state index contributed by atoms with van der Waals surface area (Å²) in [4.78, 5) is 25.5. The zero-order valence-corrected chi connectivity index (χ0v) is 12.6. The zero-order chi connectivity index (χ0) is 16.2. The summed E-state index contributed by atoms with van der Waals surface area (Å²) in [5.41, 5.74) is 3.10. The van der Waals surface area contributed by atoms with Gasteiger partial charge in [-0.15, -0.1) is 0 Å². The van der Waals surface area contributed by atoms with Gasteiger partial charge in [-0.2, -0.15) is 0 Å². The first kappa shape index (κ1) is 14.9. The number of oxazole rings is 1. The Bertz CT molecular complexity index is 877. The van der Waals surface area contributed by atoms with Gasteiger partial charge in [0.1, 0.15) is 5.75 Å². The van der Waals surface area contributed by atoms with Crippen LogP contribution < -0.4 is 15.8 Å². The Hall–Kier alpha value is -3.02. The molecule has 0 aliphatic rings. The fourth-order valence-corrected chi connectivity index (χ4v) is 2.14. The molecule has 0 saturated carbocycles. The van der Waals surface area contributed by atoms with E-state index in [1.165, 1.54) is 0 Å². The number of rotatable bonds is 5. The van der Waals surface area contributed by atoms with E-state index in [9.17, 15) is 9.59 Å². The van der Waals surface area contributed by atoms with Crippen LogP contribution in [0, 0.1) is 6.92 Å². The number of hydrogen-bond acceptors (Lipinski definition) is 4. The van der Waals surface area contributed by atoms with Crippen LogP contribution in [0.2, 0.25) is 0 Å². The van der Waals surface area contributed by atoms with Crippen LogP contribution in [0.4, 0.5) is 0 Å². The third-order valence-corrected chi connectivity index (χ3v) is 3.36. The van der Waals surface area contributed by atoms with E-state index in [0.717, 1.165) is 11.1 Å². The van der Waals surface area contributed by atoms with Crippen molar-refractivity contribution in [3.63, 3.8) is 0 Å². The first-order valence-corrected chi connectivity index (χ1v) is 7.18. The van der Waals surface area contributed by atoms with Gasteiger partial charge in [0.2, 0.25) is 0 Å². The molecule has 2 N–H and O–H groups in total. The fourth-order valence-electron chi connectivity index (χ4n) is 2.14. The number of aromatic amines is 1. The molecule has 0 fully saturated rings. The molecule has 0 saturated heterocycles. The lowest BCUT2D eigenvalue weighted by molar-refractivity contribution is -0.123. The largest absolute Gasteiger partial charge is 0.484 e. The molecule has 1 amide bonds. The van der Waals surface area contributed by atoms with E-state index in [-0.39, 0.29) is 12.5 Å². The summed E-state index contributed by atoms with van der Waals surface area (Å²) < 4.78 is 10.3. The summed E-state index contributed by atoms with van der Waals surface area (Å²) in [7, 11) is 0. The van der Waals surface area contributed by atoms with Gasteiger partial charge in [-0.05, 0) is 36.8 Å². The Morgan fingerprint density at radius 1 is 1.22 bits per heavy atom. The Kier molecular flexibility index (Phi) is 4.14. The maximum atomic E-state index is 11.8. The SMILES string of the molecule is Cc1ccc(OCC(=O)NCc2ccc3oc(=O)[nH]c3c2)cc1. The molecule has 0 radical (unpaired) electrons. The molecule has 23 heavy (non-hydrogen) atoms. The van der Waals surface area contributed by atoms with E-state index in [0.29, 0.717) is 23.4 Å². The van der Waals surface area contributed by atoms with Gasteiger partial charge in [0.15, 0.2) is 12.2 Å². The van der Waals surface area contributed by atoms with Crippen molar-refractivity contribution >= 4 is 17.0 Å². The van der Waals surface area contributed by atoms with Gasteiger partial charge in [0.25, 0.3) is 5.91 Å². The summed E-state index contributed by atoms with van der Waals surface area (Å²) in [6.07, 6.45) is 0. The van der Waals surface area contributed by atoms with Gasteiger partial charge in [-0.1, -0.05) is 23.8 Å². The number of ether oxygens (including phenoxy) is 1. The monoisotopic (exact) mass is 312 g/mol. The number of benzene rings is 2. The minimum absolute atomic E-state index is 0.0478. The molecular formula is C17H16N2O4. The molecule has 0 spiro atoms. The van der Waals surface area contributed by atoms with Gasteiger partial charge < -0.3 is 14.5 Å². The van der Waals surface area contributed by atoms with Gasteiger partial charge in [-0.25, -0.2) is 4.79 Å². The lowest BCUT2D eigenvalue weighted by atomic mass is 10.2. The first-order valence-electron chi connectivity index (χ1n) is 7.18. The minimum Gasteiger partial charge on any atom is -0.484 e. The summed E-state index contributed by atoms with van der Waals surface area (Å²) >= 11 is 0. The van der Waals surface area contributed by atoms with Gasteiger partial charge in [-0.3, -0.25) is 9.78 Å². The molecule has 2 aromatic carbocycles. The topological polar surface area (TPSA) is 84.3 Å². The zero-order valence-electron chi connectivity index (χ0n) is 12.6. The predicted molar refractivity (Wildman–Crippen MR) is 85.4 cm³/mol. The van der Waals surface area contributed by atoms with E-state index < -0.39 is 5.76 Å². The van der Waals surface area contributed by atoms with Gasteiger partial charge in [0, 0.05) is 6.54 Å². The highest BCUT2D eigenvalue weighted by molar-refractivity contribution is 5.78. The van der Waals surface area contributed by atoms with Crippen molar-refractivity contribution < 1.29 is 13.9 Å². The number of carbonyl (C=O) groups excluding carboxylic acids is 1. The second-order valence-electron chi connectivity index (χ2n) is 5.22. The molecule has 0 bridgehead atoms. The third kappa shape index (κ3) is 3.79. The highest BCUT2D eigenvalue weighted by atomic mass is 16.5. The van der Waals surface area contributed by atoms with Crippen LogP contribution in [0.3, 0.4) is 0 Å². The summed E-state index contributed by atoms with van der Waals surface area (Å²) in [5, 5.41) is 2.77. The predicted octanol–water partition coefficient (Wildman–Crippen LogP) is 2.12. The Morgan fingerprint density at radius 3 is 2.78 bits per heavy atom. The van der Waals surface area contributed by atoms with Gasteiger partial charge >= 0.3 is 5.76 Å². The Morgan fingerprint density at radius 2 is 2.00 bits per heavy atom. The van der Waals surface area contributed by atoms with E-state index in [1.54, 1.807) is 18.2 Å². The molecule has 118 valence electrons. The number of carbonyl (C=O) groups is 1. The van der Waals surface area contributed by atoms with Crippen molar-refractivity contribution in [3.05, 3.63) is 64.1 Å². The second kappa shape index (κ2) is 6.39. The molecule has 0 aliphatic heterocycles. The van der Waals surface area contributed by atoms with Crippen molar-refractivity contribution in [1.82, 2.24) is 10.3 Å². The van der Waals surface area contributed by atoms with Crippen LogP contribution >= 0.6 is 0 Å². The molecule has 6 heteroatoms. The Labute approximate surface area is 132 Å². The molecule has 3 rings (SSSR count). The standard InChI is InChI=1S/C17H16N2O4/c1-11-2-5-13(6-3-11)22-10-16(20)18-9-12-4-7-15-14(8-12)19-17(21)23-15/h2-8H,9-10H2,1H3,(H,18,20)(H,19,21). The van der Waals surface area contributed by atoms with Crippen molar-refractivity contribution in [3.8, 4) is 5.75 Å². The number of H-pyrrole nitrogens is 1. The maximum Gasteiger partial charge on any atom is 0.417 e. The van der Waals surface area contributed by atoms with Crippen LogP contribution in [0.5, 0.6) is 5.75 Å². The van der Waals surface area contributed by atoms with Crippen molar-refractivity contribution in [1.29, 1.82) is 0 Å². The van der Waals surface area contributed by atoms with E-state index in [4.69, 9.17) is 9.15 Å². The molecule has 3 aromatic rings. The molecular weight excluding hydrogens is 296 g/mol. The molecule has 0 aliphatic carbocycles. The van der Waals surface area contributed by atoms with Crippen molar-refractivity contribution in [2.24, 2.45) is 0 Å². The van der Waals surface area contributed by atoms with Crippen LogP contribution in [0.1, 0.15) is 11.1 Å². The lowest BCUT2D eigenvalue weighted by Gasteiger charge is -2.08. The number of fused-ring (bicyclic) bond motifs is 1. The molecule has 0 atom stereocenters. The van der Waals surface area contributed by atoms with E-state index in [2.05, 4.69) is 10.3 Å². The number of nitrogens with one attached hydrogen (secondary N) is 2. The fraction of sp³-hybridized carbons (Fsp3) is 0.176. The Balaban J connectivity index is 1.53. The quantitative estimate of drug-likeness (QED) is 0.756. The number of aromatic nitrogens is 1. The number of amides is 1. The smallest absolute Gasteiger partial charge is 0.417 e. The normalized spacial score (nSPS) is 10.7. The molecule has 0 unspecified atom stereocenters. The number of hydrogen-bond donors (Lipinski definition) is 2. The minimum atomic E-state index is -0.493.